The minimum Gasteiger partial charge on any atom is -0.497 e. The zero-order chi connectivity index (χ0) is 26.3. The third-order valence-electron chi connectivity index (χ3n) is 6.84. The molecule has 0 spiro atoms. The van der Waals surface area contributed by atoms with Crippen molar-refractivity contribution in [2.75, 3.05) is 33.9 Å². The summed E-state index contributed by atoms with van der Waals surface area (Å²) in [5.41, 5.74) is 1.06. The van der Waals surface area contributed by atoms with E-state index >= 15 is 0 Å². The quantitative estimate of drug-likeness (QED) is 0.444. The van der Waals surface area contributed by atoms with E-state index in [1.54, 1.807) is 49.5 Å². The summed E-state index contributed by atoms with van der Waals surface area (Å²) in [4.78, 5) is 28.3. The van der Waals surface area contributed by atoms with Crippen LogP contribution in [0.5, 0.6) is 17.2 Å². The van der Waals surface area contributed by atoms with Crippen molar-refractivity contribution < 1.29 is 23.8 Å². The second-order valence-electron chi connectivity index (χ2n) is 8.93. The zero-order valence-corrected chi connectivity index (χ0v) is 21.8. The molecule has 1 aliphatic rings. The highest BCUT2D eigenvalue weighted by Crippen LogP contribution is 2.36. The highest BCUT2D eigenvalue weighted by Gasteiger charge is 2.43. The van der Waals surface area contributed by atoms with Crippen LogP contribution in [-0.2, 0) is 21.5 Å². The fourth-order valence-corrected chi connectivity index (χ4v) is 4.78. The summed E-state index contributed by atoms with van der Waals surface area (Å²) in [6.07, 6.45) is 1.02. The number of amides is 2. The van der Waals surface area contributed by atoms with Crippen LogP contribution in [-0.4, -0.2) is 50.6 Å². The highest BCUT2D eigenvalue weighted by atomic mass is 35.5. The number of methoxy groups -OCH3 is 2. The van der Waals surface area contributed by atoms with Crippen LogP contribution in [0.3, 0.4) is 0 Å². The van der Waals surface area contributed by atoms with Gasteiger partial charge < -0.3 is 24.4 Å². The van der Waals surface area contributed by atoms with Crippen molar-refractivity contribution in [3.63, 3.8) is 0 Å². The average molecular weight is 523 g/mol. The normalized spacial score (nSPS) is 14.5. The SMILES string of the molecule is COc1ccc(CNC(=O)C2(c3ccccc3)CCN(C(=O)COc3ccc(Cl)cc3)CC2)c(OC)c1. The number of rotatable bonds is 9. The first-order valence-corrected chi connectivity index (χ1v) is 12.5. The molecule has 0 aromatic heterocycles. The summed E-state index contributed by atoms with van der Waals surface area (Å²) in [5.74, 6) is 1.74. The molecule has 8 heteroatoms. The number of ether oxygens (including phenoxy) is 3. The van der Waals surface area contributed by atoms with Crippen LogP contribution in [0.4, 0.5) is 0 Å². The molecule has 3 aromatic rings. The van der Waals surface area contributed by atoms with Crippen molar-refractivity contribution in [1.29, 1.82) is 0 Å². The maximum atomic E-state index is 13.7. The highest BCUT2D eigenvalue weighted by molar-refractivity contribution is 6.30. The fraction of sp³-hybridized carbons (Fsp3) is 0.310. The molecule has 7 nitrogen and oxygen atoms in total. The van der Waals surface area contributed by atoms with Gasteiger partial charge in [0.25, 0.3) is 5.91 Å². The summed E-state index contributed by atoms with van der Waals surface area (Å²) in [7, 11) is 3.19. The first-order chi connectivity index (χ1) is 17.9. The first kappa shape index (κ1) is 26.4. The van der Waals surface area contributed by atoms with E-state index in [2.05, 4.69) is 5.32 Å². The van der Waals surface area contributed by atoms with Gasteiger partial charge in [-0.15, -0.1) is 0 Å². The molecule has 1 aliphatic heterocycles. The van der Waals surface area contributed by atoms with Gasteiger partial charge in [0.1, 0.15) is 17.2 Å². The second kappa shape index (κ2) is 12.0. The van der Waals surface area contributed by atoms with Crippen molar-refractivity contribution in [2.45, 2.75) is 24.8 Å². The van der Waals surface area contributed by atoms with Crippen LogP contribution in [0.1, 0.15) is 24.0 Å². The van der Waals surface area contributed by atoms with Crippen molar-refractivity contribution in [3.05, 3.63) is 88.9 Å². The summed E-state index contributed by atoms with van der Waals surface area (Å²) < 4.78 is 16.4. The van der Waals surface area contributed by atoms with Crippen molar-refractivity contribution >= 4 is 23.4 Å². The molecule has 1 heterocycles. The van der Waals surface area contributed by atoms with E-state index in [1.807, 2.05) is 42.5 Å². The smallest absolute Gasteiger partial charge is 0.260 e. The van der Waals surface area contributed by atoms with Crippen LogP contribution in [0.25, 0.3) is 0 Å². The zero-order valence-electron chi connectivity index (χ0n) is 21.0. The Bertz CT molecular complexity index is 1210. The minimum atomic E-state index is -0.741. The number of carbonyl (C=O) groups is 2. The largest absolute Gasteiger partial charge is 0.497 e. The third-order valence-corrected chi connectivity index (χ3v) is 7.09. The summed E-state index contributed by atoms with van der Waals surface area (Å²) in [6, 6.07) is 22.2. The Morgan fingerprint density at radius 1 is 0.919 bits per heavy atom. The Kier molecular flexibility index (Phi) is 8.56. The van der Waals surface area contributed by atoms with Crippen LogP contribution >= 0.6 is 11.6 Å². The predicted molar refractivity (Wildman–Crippen MR) is 142 cm³/mol. The summed E-state index contributed by atoms with van der Waals surface area (Å²) >= 11 is 5.91. The van der Waals surface area contributed by atoms with E-state index in [0.29, 0.717) is 54.7 Å². The van der Waals surface area contributed by atoms with Gasteiger partial charge in [-0.3, -0.25) is 9.59 Å². The van der Waals surface area contributed by atoms with Gasteiger partial charge in [-0.05, 0) is 54.8 Å². The van der Waals surface area contributed by atoms with Gasteiger partial charge in [-0.25, -0.2) is 0 Å². The second-order valence-corrected chi connectivity index (χ2v) is 9.37. The molecule has 1 N–H and O–H groups in total. The number of hydrogen-bond donors (Lipinski definition) is 1. The van der Waals surface area contributed by atoms with Crippen LogP contribution in [0, 0.1) is 0 Å². The van der Waals surface area contributed by atoms with E-state index in [1.165, 1.54) is 0 Å². The van der Waals surface area contributed by atoms with Gasteiger partial charge in [-0.2, -0.15) is 0 Å². The van der Waals surface area contributed by atoms with E-state index < -0.39 is 5.41 Å². The number of hydrogen-bond acceptors (Lipinski definition) is 5. The maximum Gasteiger partial charge on any atom is 0.260 e. The lowest BCUT2D eigenvalue weighted by Crippen LogP contribution is -2.53. The average Bonchev–Trinajstić information content (AvgIpc) is 2.95. The molecule has 0 unspecified atom stereocenters. The monoisotopic (exact) mass is 522 g/mol. The predicted octanol–water partition coefficient (Wildman–Crippen LogP) is 4.61. The molecule has 3 aromatic carbocycles. The number of likely N-dealkylation sites (tertiary alicyclic amines) is 1. The van der Waals surface area contributed by atoms with Crippen molar-refractivity contribution in [1.82, 2.24) is 10.2 Å². The van der Waals surface area contributed by atoms with Crippen LogP contribution < -0.4 is 19.5 Å². The fourth-order valence-electron chi connectivity index (χ4n) is 4.65. The molecule has 0 bridgehead atoms. The van der Waals surface area contributed by atoms with Gasteiger partial charge in [0.15, 0.2) is 6.61 Å². The third kappa shape index (κ3) is 6.17. The van der Waals surface area contributed by atoms with Crippen molar-refractivity contribution in [2.24, 2.45) is 0 Å². The van der Waals surface area contributed by atoms with Crippen LogP contribution in [0.15, 0.2) is 72.8 Å². The lowest BCUT2D eigenvalue weighted by Gasteiger charge is -2.41. The van der Waals surface area contributed by atoms with Gasteiger partial charge in [0.2, 0.25) is 5.91 Å². The molecular formula is C29H31ClN2O5. The topological polar surface area (TPSA) is 77.1 Å². The number of halogens is 1. The molecule has 1 saturated heterocycles. The number of carbonyl (C=O) groups excluding carboxylic acids is 2. The Balaban J connectivity index is 1.43. The summed E-state index contributed by atoms with van der Waals surface area (Å²) in [5, 5.41) is 3.72. The molecule has 1 fully saturated rings. The number of piperidine rings is 1. The van der Waals surface area contributed by atoms with Crippen molar-refractivity contribution in [3.8, 4) is 17.2 Å². The van der Waals surface area contributed by atoms with E-state index in [0.717, 1.165) is 11.1 Å². The lowest BCUT2D eigenvalue weighted by atomic mass is 9.72. The minimum absolute atomic E-state index is 0.0660. The standard InChI is InChI=1S/C29H31ClN2O5/c1-35-25-11-8-21(26(18-25)36-2)19-31-28(34)29(22-6-4-3-5-7-22)14-16-32(17-15-29)27(33)20-37-24-12-9-23(30)10-13-24/h3-13,18H,14-17,19-20H2,1-2H3,(H,31,34). The number of nitrogens with zero attached hydrogens (tertiary/aromatic N) is 1. The first-order valence-electron chi connectivity index (χ1n) is 12.2. The van der Waals surface area contributed by atoms with Gasteiger partial charge in [-0.1, -0.05) is 41.9 Å². The molecule has 0 aliphatic carbocycles. The number of nitrogens with one attached hydrogen (secondary N) is 1. The Morgan fingerprint density at radius 2 is 1.59 bits per heavy atom. The van der Waals surface area contributed by atoms with Gasteiger partial charge >= 0.3 is 0 Å². The Morgan fingerprint density at radius 3 is 2.24 bits per heavy atom. The molecule has 0 atom stereocenters. The molecule has 0 radical (unpaired) electrons. The molecule has 0 saturated carbocycles. The maximum absolute atomic E-state index is 13.7. The summed E-state index contributed by atoms with van der Waals surface area (Å²) in [6.45, 7) is 1.16. The molecular weight excluding hydrogens is 492 g/mol. The number of benzene rings is 3. The molecule has 37 heavy (non-hydrogen) atoms. The lowest BCUT2D eigenvalue weighted by molar-refractivity contribution is -0.138. The molecule has 194 valence electrons. The van der Waals surface area contributed by atoms with E-state index in [-0.39, 0.29) is 18.4 Å². The molecule has 4 rings (SSSR count). The Labute approximate surface area is 222 Å². The Hall–Kier alpha value is -3.71. The van der Waals surface area contributed by atoms with E-state index in [9.17, 15) is 9.59 Å². The van der Waals surface area contributed by atoms with E-state index in [4.69, 9.17) is 25.8 Å². The van der Waals surface area contributed by atoms with Gasteiger partial charge in [0.05, 0.1) is 19.6 Å². The van der Waals surface area contributed by atoms with Gasteiger partial charge in [0, 0.05) is 36.3 Å². The molecule has 2 amide bonds. The van der Waals surface area contributed by atoms with Crippen LogP contribution in [0.2, 0.25) is 5.02 Å².